The SMILES string of the molecule is O=C(/C=C/c1ccc(F)cc1)NCc1cccc(C(=O)O)c1. The number of carbonyl (C=O) groups excluding carboxylic acids is 1. The zero-order chi connectivity index (χ0) is 15.9. The van der Waals surface area contributed by atoms with Crippen molar-refractivity contribution >= 4 is 18.0 Å². The number of halogens is 1. The molecule has 0 saturated heterocycles. The van der Waals surface area contributed by atoms with E-state index in [1.165, 1.54) is 30.3 Å². The van der Waals surface area contributed by atoms with E-state index in [0.29, 0.717) is 11.1 Å². The van der Waals surface area contributed by atoms with E-state index in [1.54, 1.807) is 30.3 Å². The highest BCUT2D eigenvalue weighted by atomic mass is 19.1. The Kier molecular flexibility index (Phi) is 5.03. The van der Waals surface area contributed by atoms with Gasteiger partial charge in [0.2, 0.25) is 5.91 Å². The molecule has 112 valence electrons. The number of nitrogens with one attached hydrogen (secondary N) is 1. The molecule has 22 heavy (non-hydrogen) atoms. The van der Waals surface area contributed by atoms with Crippen LogP contribution in [0, 0.1) is 5.82 Å². The fourth-order valence-corrected chi connectivity index (χ4v) is 1.81. The van der Waals surface area contributed by atoms with Crippen LogP contribution in [0.15, 0.2) is 54.6 Å². The lowest BCUT2D eigenvalue weighted by molar-refractivity contribution is -0.116. The van der Waals surface area contributed by atoms with E-state index in [0.717, 1.165) is 0 Å². The molecule has 0 bridgehead atoms. The summed E-state index contributed by atoms with van der Waals surface area (Å²) >= 11 is 0. The molecule has 1 amide bonds. The number of hydrogen-bond acceptors (Lipinski definition) is 2. The normalized spacial score (nSPS) is 10.6. The predicted molar refractivity (Wildman–Crippen MR) is 80.7 cm³/mol. The Labute approximate surface area is 126 Å². The van der Waals surface area contributed by atoms with E-state index in [-0.39, 0.29) is 23.8 Å². The highest BCUT2D eigenvalue weighted by Crippen LogP contribution is 2.06. The van der Waals surface area contributed by atoms with E-state index < -0.39 is 5.97 Å². The van der Waals surface area contributed by atoms with E-state index in [9.17, 15) is 14.0 Å². The van der Waals surface area contributed by atoms with Gasteiger partial charge in [-0.25, -0.2) is 9.18 Å². The summed E-state index contributed by atoms with van der Waals surface area (Å²) in [5.41, 5.74) is 1.58. The van der Waals surface area contributed by atoms with Crippen LogP contribution < -0.4 is 5.32 Å². The molecule has 0 aromatic heterocycles. The van der Waals surface area contributed by atoms with Crippen molar-refractivity contribution in [2.24, 2.45) is 0 Å². The van der Waals surface area contributed by atoms with E-state index >= 15 is 0 Å². The van der Waals surface area contributed by atoms with Gasteiger partial charge in [0.05, 0.1) is 5.56 Å². The van der Waals surface area contributed by atoms with Crippen LogP contribution in [-0.2, 0) is 11.3 Å². The molecule has 2 rings (SSSR count). The fourth-order valence-electron chi connectivity index (χ4n) is 1.81. The maximum Gasteiger partial charge on any atom is 0.335 e. The van der Waals surface area contributed by atoms with Crippen LogP contribution in [-0.4, -0.2) is 17.0 Å². The van der Waals surface area contributed by atoms with Crippen LogP contribution >= 0.6 is 0 Å². The maximum atomic E-state index is 12.7. The van der Waals surface area contributed by atoms with Gasteiger partial charge in [0.15, 0.2) is 0 Å². The lowest BCUT2D eigenvalue weighted by atomic mass is 10.1. The minimum atomic E-state index is -1.01. The van der Waals surface area contributed by atoms with Crippen LogP contribution in [0.1, 0.15) is 21.5 Å². The average molecular weight is 299 g/mol. The number of carboxylic acids is 1. The zero-order valence-electron chi connectivity index (χ0n) is 11.6. The van der Waals surface area contributed by atoms with Gasteiger partial charge in [0, 0.05) is 12.6 Å². The van der Waals surface area contributed by atoms with Crippen molar-refractivity contribution in [1.82, 2.24) is 5.32 Å². The molecule has 0 radical (unpaired) electrons. The Morgan fingerprint density at radius 2 is 1.86 bits per heavy atom. The van der Waals surface area contributed by atoms with Gasteiger partial charge in [-0.3, -0.25) is 4.79 Å². The van der Waals surface area contributed by atoms with Crippen molar-refractivity contribution in [2.45, 2.75) is 6.54 Å². The number of benzene rings is 2. The van der Waals surface area contributed by atoms with Crippen molar-refractivity contribution < 1.29 is 19.1 Å². The highest BCUT2D eigenvalue weighted by molar-refractivity contribution is 5.91. The second kappa shape index (κ2) is 7.17. The summed E-state index contributed by atoms with van der Waals surface area (Å²) in [5.74, 6) is -1.66. The number of amides is 1. The number of rotatable bonds is 5. The third-order valence-corrected chi connectivity index (χ3v) is 2.94. The number of carbonyl (C=O) groups is 2. The molecular formula is C17H14FNO3. The molecule has 0 aliphatic heterocycles. The summed E-state index contributed by atoms with van der Waals surface area (Å²) in [4.78, 5) is 22.5. The third kappa shape index (κ3) is 4.56. The molecule has 0 fully saturated rings. The van der Waals surface area contributed by atoms with E-state index in [1.807, 2.05) is 0 Å². The second-order valence-corrected chi connectivity index (χ2v) is 4.61. The molecule has 0 spiro atoms. The molecule has 2 aromatic rings. The highest BCUT2D eigenvalue weighted by Gasteiger charge is 2.03. The fraction of sp³-hybridized carbons (Fsp3) is 0.0588. The average Bonchev–Trinajstić information content (AvgIpc) is 2.52. The summed E-state index contributed by atoms with van der Waals surface area (Å²) in [6.45, 7) is 0.230. The van der Waals surface area contributed by atoms with Crippen LogP contribution in [0.2, 0.25) is 0 Å². The molecule has 0 aliphatic rings. The van der Waals surface area contributed by atoms with E-state index in [4.69, 9.17) is 5.11 Å². The van der Waals surface area contributed by atoms with Crippen molar-refractivity contribution in [2.75, 3.05) is 0 Å². The number of hydrogen-bond donors (Lipinski definition) is 2. The maximum absolute atomic E-state index is 12.7. The molecule has 0 atom stereocenters. The molecule has 2 aromatic carbocycles. The molecule has 0 saturated carbocycles. The number of aromatic carboxylic acids is 1. The van der Waals surface area contributed by atoms with Gasteiger partial charge >= 0.3 is 5.97 Å². The quantitative estimate of drug-likeness (QED) is 0.834. The minimum absolute atomic E-state index is 0.175. The van der Waals surface area contributed by atoms with Gasteiger partial charge in [-0.2, -0.15) is 0 Å². The largest absolute Gasteiger partial charge is 0.478 e. The summed E-state index contributed by atoms with van der Waals surface area (Å²) in [6.07, 6.45) is 2.91. The molecule has 0 heterocycles. The molecule has 5 heteroatoms. The van der Waals surface area contributed by atoms with Gasteiger partial charge in [0.25, 0.3) is 0 Å². The first-order valence-corrected chi connectivity index (χ1v) is 6.58. The lowest BCUT2D eigenvalue weighted by Crippen LogP contribution is -2.20. The van der Waals surface area contributed by atoms with Gasteiger partial charge < -0.3 is 10.4 Å². The third-order valence-electron chi connectivity index (χ3n) is 2.94. The minimum Gasteiger partial charge on any atom is -0.478 e. The first kappa shape index (κ1) is 15.4. The summed E-state index contributed by atoms with van der Waals surface area (Å²) in [6, 6.07) is 12.1. The predicted octanol–water partition coefficient (Wildman–Crippen LogP) is 2.85. The van der Waals surface area contributed by atoms with Gasteiger partial charge in [-0.15, -0.1) is 0 Å². The van der Waals surface area contributed by atoms with Crippen molar-refractivity contribution in [1.29, 1.82) is 0 Å². The Morgan fingerprint density at radius 1 is 1.14 bits per heavy atom. The standard InChI is InChI=1S/C17H14FNO3/c18-15-7-4-12(5-8-15)6-9-16(20)19-11-13-2-1-3-14(10-13)17(21)22/h1-10H,11H2,(H,19,20)(H,21,22)/b9-6+. The molecule has 4 nitrogen and oxygen atoms in total. The van der Waals surface area contributed by atoms with Crippen LogP contribution in [0.25, 0.3) is 6.08 Å². The van der Waals surface area contributed by atoms with Crippen molar-refractivity contribution in [3.8, 4) is 0 Å². The van der Waals surface area contributed by atoms with Crippen molar-refractivity contribution in [3.05, 3.63) is 77.1 Å². The Bertz CT molecular complexity index is 708. The topological polar surface area (TPSA) is 66.4 Å². The summed E-state index contributed by atoms with van der Waals surface area (Å²) < 4.78 is 12.7. The first-order valence-electron chi connectivity index (χ1n) is 6.58. The van der Waals surface area contributed by atoms with Gasteiger partial charge in [-0.1, -0.05) is 24.3 Å². The summed E-state index contributed by atoms with van der Waals surface area (Å²) in [7, 11) is 0. The molecule has 0 aliphatic carbocycles. The zero-order valence-corrected chi connectivity index (χ0v) is 11.6. The molecule has 2 N–H and O–H groups in total. The Balaban J connectivity index is 1.91. The van der Waals surface area contributed by atoms with Crippen LogP contribution in [0.5, 0.6) is 0 Å². The summed E-state index contributed by atoms with van der Waals surface area (Å²) in [5, 5.41) is 11.5. The second-order valence-electron chi connectivity index (χ2n) is 4.61. The lowest BCUT2D eigenvalue weighted by Gasteiger charge is -2.03. The van der Waals surface area contributed by atoms with Crippen LogP contribution in [0.4, 0.5) is 4.39 Å². The molecule has 0 unspecified atom stereocenters. The van der Waals surface area contributed by atoms with E-state index in [2.05, 4.69) is 5.32 Å². The van der Waals surface area contributed by atoms with Crippen molar-refractivity contribution in [3.63, 3.8) is 0 Å². The number of carboxylic acid groups (broad SMARTS) is 1. The van der Waals surface area contributed by atoms with Gasteiger partial charge in [0.1, 0.15) is 5.82 Å². The smallest absolute Gasteiger partial charge is 0.335 e. The Hall–Kier alpha value is -2.95. The van der Waals surface area contributed by atoms with Gasteiger partial charge in [-0.05, 0) is 41.5 Å². The molecular weight excluding hydrogens is 285 g/mol. The van der Waals surface area contributed by atoms with Crippen LogP contribution in [0.3, 0.4) is 0 Å². The Morgan fingerprint density at radius 3 is 2.55 bits per heavy atom. The monoisotopic (exact) mass is 299 g/mol. The first-order chi connectivity index (χ1) is 10.5.